The van der Waals surface area contributed by atoms with Crippen LogP contribution in [0.5, 0.6) is 0 Å². The molecule has 1 aliphatic rings. The summed E-state index contributed by atoms with van der Waals surface area (Å²) in [6.07, 6.45) is 6.55. The highest BCUT2D eigenvalue weighted by molar-refractivity contribution is 5.83. The van der Waals surface area contributed by atoms with Crippen LogP contribution in [0, 0.1) is 11.3 Å². The van der Waals surface area contributed by atoms with Gasteiger partial charge in [-0.3, -0.25) is 4.79 Å². The Hall–Kier alpha value is -0.570. The van der Waals surface area contributed by atoms with E-state index in [0.29, 0.717) is 0 Å². The van der Waals surface area contributed by atoms with Crippen LogP contribution in [-0.4, -0.2) is 25.5 Å². The van der Waals surface area contributed by atoms with Gasteiger partial charge in [0, 0.05) is 13.1 Å². The van der Waals surface area contributed by atoms with Gasteiger partial charge in [-0.25, -0.2) is 0 Å². The van der Waals surface area contributed by atoms with Crippen LogP contribution in [0.4, 0.5) is 0 Å². The predicted octanol–water partition coefficient (Wildman–Crippen LogP) is 2.71. The maximum absolute atomic E-state index is 12.4. The topological polar surface area (TPSA) is 41.1 Å². The SMILES string of the molecule is CCCC1(C(=O)NCCCC(C)C)CCCNC1. The first kappa shape index (κ1) is 15.5. The Balaban J connectivity index is 2.39. The summed E-state index contributed by atoms with van der Waals surface area (Å²) in [4.78, 5) is 12.4. The highest BCUT2D eigenvalue weighted by Crippen LogP contribution is 2.31. The number of carbonyl (C=O) groups is 1. The summed E-state index contributed by atoms with van der Waals surface area (Å²) < 4.78 is 0. The van der Waals surface area contributed by atoms with Gasteiger partial charge in [0.2, 0.25) is 5.91 Å². The number of amides is 1. The van der Waals surface area contributed by atoms with Crippen molar-refractivity contribution in [1.82, 2.24) is 10.6 Å². The monoisotopic (exact) mass is 254 g/mol. The van der Waals surface area contributed by atoms with Gasteiger partial charge in [-0.1, -0.05) is 27.2 Å². The van der Waals surface area contributed by atoms with Crippen LogP contribution >= 0.6 is 0 Å². The molecule has 3 nitrogen and oxygen atoms in total. The quantitative estimate of drug-likeness (QED) is 0.686. The van der Waals surface area contributed by atoms with Crippen LogP contribution < -0.4 is 10.6 Å². The first-order valence-corrected chi connectivity index (χ1v) is 7.60. The molecule has 18 heavy (non-hydrogen) atoms. The van der Waals surface area contributed by atoms with Crippen LogP contribution in [0.2, 0.25) is 0 Å². The van der Waals surface area contributed by atoms with Gasteiger partial charge in [0.15, 0.2) is 0 Å². The van der Waals surface area contributed by atoms with E-state index in [1.165, 1.54) is 6.42 Å². The molecule has 0 radical (unpaired) electrons. The fourth-order valence-electron chi connectivity index (χ4n) is 2.87. The maximum Gasteiger partial charge on any atom is 0.227 e. The Kier molecular flexibility index (Phi) is 6.69. The molecule has 1 unspecified atom stereocenters. The van der Waals surface area contributed by atoms with E-state index in [0.717, 1.165) is 57.7 Å². The minimum Gasteiger partial charge on any atom is -0.356 e. The number of nitrogens with one attached hydrogen (secondary N) is 2. The Labute approximate surface area is 112 Å². The summed E-state index contributed by atoms with van der Waals surface area (Å²) in [7, 11) is 0. The molecule has 1 fully saturated rings. The van der Waals surface area contributed by atoms with Crippen molar-refractivity contribution in [3.63, 3.8) is 0 Å². The lowest BCUT2D eigenvalue weighted by molar-refractivity contribution is -0.132. The molecule has 1 aliphatic heterocycles. The first-order chi connectivity index (χ1) is 8.60. The first-order valence-electron chi connectivity index (χ1n) is 7.60. The molecular formula is C15H30N2O. The van der Waals surface area contributed by atoms with Crippen LogP contribution in [0.25, 0.3) is 0 Å². The second kappa shape index (κ2) is 7.78. The van der Waals surface area contributed by atoms with E-state index < -0.39 is 0 Å². The van der Waals surface area contributed by atoms with Gasteiger partial charge in [0.25, 0.3) is 0 Å². The van der Waals surface area contributed by atoms with Crippen molar-refractivity contribution in [2.24, 2.45) is 11.3 Å². The molecular weight excluding hydrogens is 224 g/mol. The smallest absolute Gasteiger partial charge is 0.227 e. The van der Waals surface area contributed by atoms with Crippen molar-refractivity contribution in [3.8, 4) is 0 Å². The van der Waals surface area contributed by atoms with E-state index in [-0.39, 0.29) is 11.3 Å². The molecule has 0 saturated carbocycles. The van der Waals surface area contributed by atoms with E-state index in [1.807, 2.05) is 0 Å². The normalized spacial score (nSPS) is 24.2. The molecule has 1 saturated heterocycles. The third-order valence-electron chi connectivity index (χ3n) is 3.93. The number of carbonyl (C=O) groups excluding carboxylic acids is 1. The van der Waals surface area contributed by atoms with Crippen molar-refractivity contribution < 1.29 is 4.79 Å². The van der Waals surface area contributed by atoms with Gasteiger partial charge in [-0.05, 0) is 44.6 Å². The highest BCUT2D eigenvalue weighted by atomic mass is 16.2. The Morgan fingerprint density at radius 1 is 1.44 bits per heavy atom. The lowest BCUT2D eigenvalue weighted by atomic mass is 9.76. The molecule has 1 amide bonds. The number of hydrogen-bond donors (Lipinski definition) is 2. The van der Waals surface area contributed by atoms with E-state index in [9.17, 15) is 4.79 Å². The summed E-state index contributed by atoms with van der Waals surface area (Å²) in [5.74, 6) is 1.00. The van der Waals surface area contributed by atoms with E-state index in [4.69, 9.17) is 0 Å². The maximum atomic E-state index is 12.4. The zero-order chi connectivity index (χ0) is 13.4. The molecule has 1 heterocycles. The highest BCUT2D eigenvalue weighted by Gasteiger charge is 2.38. The molecule has 1 atom stereocenters. The van der Waals surface area contributed by atoms with Crippen molar-refractivity contribution in [1.29, 1.82) is 0 Å². The predicted molar refractivity (Wildman–Crippen MR) is 76.5 cm³/mol. The summed E-state index contributed by atoms with van der Waals surface area (Å²) in [5.41, 5.74) is -0.134. The average molecular weight is 254 g/mol. The molecule has 0 bridgehead atoms. The van der Waals surface area contributed by atoms with Gasteiger partial charge >= 0.3 is 0 Å². The minimum absolute atomic E-state index is 0.134. The second-order valence-corrected chi connectivity index (χ2v) is 6.10. The van der Waals surface area contributed by atoms with Crippen LogP contribution in [0.3, 0.4) is 0 Å². The zero-order valence-electron chi connectivity index (χ0n) is 12.3. The molecule has 0 spiro atoms. The second-order valence-electron chi connectivity index (χ2n) is 6.10. The van der Waals surface area contributed by atoms with Gasteiger partial charge in [-0.2, -0.15) is 0 Å². The van der Waals surface area contributed by atoms with Crippen LogP contribution in [0.1, 0.15) is 59.3 Å². The third kappa shape index (κ3) is 4.60. The van der Waals surface area contributed by atoms with Gasteiger partial charge < -0.3 is 10.6 Å². The minimum atomic E-state index is -0.134. The van der Waals surface area contributed by atoms with Crippen LogP contribution in [0.15, 0.2) is 0 Å². The number of piperidine rings is 1. The Morgan fingerprint density at radius 3 is 2.78 bits per heavy atom. The molecule has 0 aliphatic carbocycles. The lowest BCUT2D eigenvalue weighted by Gasteiger charge is -2.36. The van der Waals surface area contributed by atoms with Gasteiger partial charge in [0.1, 0.15) is 0 Å². The number of rotatable bonds is 7. The fraction of sp³-hybridized carbons (Fsp3) is 0.933. The van der Waals surface area contributed by atoms with Crippen LogP contribution in [-0.2, 0) is 4.79 Å². The van der Waals surface area contributed by atoms with E-state index in [1.54, 1.807) is 0 Å². The molecule has 1 rings (SSSR count). The molecule has 106 valence electrons. The number of hydrogen-bond acceptors (Lipinski definition) is 2. The fourth-order valence-corrected chi connectivity index (χ4v) is 2.87. The van der Waals surface area contributed by atoms with E-state index in [2.05, 4.69) is 31.4 Å². The third-order valence-corrected chi connectivity index (χ3v) is 3.93. The molecule has 0 aromatic carbocycles. The summed E-state index contributed by atoms with van der Waals surface area (Å²) in [6, 6.07) is 0. The molecule has 0 aromatic heterocycles. The van der Waals surface area contributed by atoms with Crippen molar-refractivity contribution in [3.05, 3.63) is 0 Å². The van der Waals surface area contributed by atoms with Gasteiger partial charge in [-0.15, -0.1) is 0 Å². The summed E-state index contributed by atoms with van der Waals surface area (Å²) in [5, 5.41) is 6.54. The Bertz CT molecular complexity index is 239. The van der Waals surface area contributed by atoms with E-state index >= 15 is 0 Å². The molecule has 0 aromatic rings. The average Bonchev–Trinajstić information content (AvgIpc) is 2.35. The summed E-state index contributed by atoms with van der Waals surface area (Å²) >= 11 is 0. The van der Waals surface area contributed by atoms with Gasteiger partial charge in [0.05, 0.1) is 5.41 Å². The summed E-state index contributed by atoms with van der Waals surface area (Å²) in [6.45, 7) is 9.38. The van der Waals surface area contributed by atoms with Crippen molar-refractivity contribution >= 4 is 5.91 Å². The standard InChI is InChI=1S/C15H30N2O/c1-4-8-15(9-6-10-16-12-15)14(18)17-11-5-7-13(2)3/h13,16H,4-12H2,1-3H3,(H,17,18). The molecule has 3 heteroatoms. The largest absolute Gasteiger partial charge is 0.356 e. The zero-order valence-corrected chi connectivity index (χ0v) is 12.3. The molecule has 2 N–H and O–H groups in total. The Morgan fingerprint density at radius 2 is 2.22 bits per heavy atom. The van der Waals surface area contributed by atoms with Crippen molar-refractivity contribution in [2.75, 3.05) is 19.6 Å². The van der Waals surface area contributed by atoms with Crippen molar-refractivity contribution in [2.45, 2.75) is 59.3 Å². The lowest BCUT2D eigenvalue weighted by Crippen LogP contribution is -2.50.